The Morgan fingerprint density at radius 3 is 2.85 bits per heavy atom. The average Bonchev–Trinajstić information content (AvgIpc) is 2.91. The van der Waals surface area contributed by atoms with Gasteiger partial charge in [0.05, 0.1) is 39.7 Å². The van der Waals surface area contributed by atoms with Crippen molar-refractivity contribution in [1.29, 1.82) is 5.26 Å². The molecular formula is C13H9N5OS. The monoisotopic (exact) mass is 283 g/mol. The topological polar surface area (TPSA) is 95.3 Å². The molecule has 0 radical (unpaired) electrons. The zero-order chi connectivity index (χ0) is 13.9. The first-order chi connectivity index (χ1) is 9.79. The summed E-state index contributed by atoms with van der Waals surface area (Å²) in [7, 11) is -1.37. The maximum Gasteiger partial charge on any atom is 0.139 e. The number of nitriles is 1. The minimum absolute atomic E-state index is 0.0413. The van der Waals surface area contributed by atoms with Gasteiger partial charge in [-0.2, -0.15) is 15.5 Å². The lowest BCUT2D eigenvalue weighted by Crippen LogP contribution is -1.98. The fourth-order valence-electron chi connectivity index (χ4n) is 1.90. The lowest BCUT2D eigenvalue weighted by Gasteiger charge is -2.04. The first-order valence-electron chi connectivity index (χ1n) is 5.80. The number of aromatic amines is 1. The third-order valence-electron chi connectivity index (χ3n) is 2.78. The summed E-state index contributed by atoms with van der Waals surface area (Å²) in [5, 5.41) is 16.2. The average molecular weight is 283 g/mol. The highest BCUT2D eigenvalue weighted by atomic mass is 32.2. The lowest BCUT2D eigenvalue weighted by molar-refractivity contribution is 0.685. The second kappa shape index (κ2) is 5.19. The van der Waals surface area contributed by atoms with Gasteiger partial charge in [-0.25, -0.2) is 4.98 Å². The number of H-pyrrole nitrogens is 1. The van der Waals surface area contributed by atoms with Gasteiger partial charge in [0.15, 0.2) is 0 Å². The summed E-state index contributed by atoms with van der Waals surface area (Å²) in [5.41, 5.74) is 2.17. The third-order valence-corrected chi connectivity index (χ3v) is 4.02. The number of rotatable bonds is 3. The van der Waals surface area contributed by atoms with E-state index < -0.39 is 10.8 Å². The van der Waals surface area contributed by atoms with Crippen LogP contribution >= 0.6 is 0 Å². The van der Waals surface area contributed by atoms with Crippen molar-refractivity contribution in [3.8, 4) is 17.5 Å². The van der Waals surface area contributed by atoms with Crippen molar-refractivity contribution in [1.82, 2.24) is 20.2 Å². The van der Waals surface area contributed by atoms with Gasteiger partial charge in [-0.3, -0.25) is 4.21 Å². The molecule has 2 heterocycles. The second-order valence-corrected chi connectivity index (χ2v) is 5.44. The maximum absolute atomic E-state index is 12.1. The standard InChI is InChI=1S/C13H9N5OS/c14-5-6-20(19)12-4-2-1-3-9(12)13-17-10-7-15-16-8-11(10)18-13/h1-4,7-8H,6H2,(H,17,18). The van der Waals surface area contributed by atoms with Crippen molar-refractivity contribution in [2.24, 2.45) is 0 Å². The molecule has 3 aromatic rings. The first kappa shape index (κ1) is 12.4. The van der Waals surface area contributed by atoms with Gasteiger partial charge in [-0.05, 0) is 6.07 Å². The predicted octanol–water partition coefficient (Wildman–Crippen LogP) is 1.65. The van der Waals surface area contributed by atoms with Crippen molar-refractivity contribution in [3.05, 3.63) is 36.7 Å². The maximum atomic E-state index is 12.1. The molecule has 0 amide bonds. The molecule has 1 aromatic carbocycles. The van der Waals surface area contributed by atoms with Gasteiger partial charge < -0.3 is 4.98 Å². The van der Waals surface area contributed by atoms with E-state index in [-0.39, 0.29) is 5.75 Å². The van der Waals surface area contributed by atoms with Crippen molar-refractivity contribution < 1.29 is 4.21 Å². The molecule has 0 fully saturated rings. The summed E-state index contributed by atoms with van der Waals surface area (Å²) in [5.74, 6) is 0.553. The van der Waals surface area contributed by atoms with E-state index >= 15 is 0 Å². The first-order valence-corrected chi connectivity index (χ1v) is 7.12. The van der Waals surface area contributed by atoms with Crippen LogP contribution in [0.15, 0.2) is 41.6 Å². The van der Waals surface area contributed by atoms with Gasteiger partial charge in [-0.1, -0.05) is 18.2 Å². The van der Waals surface area contributed by atoms with Gasteiger partial charge in [0, 0.05) is 5.56 Å². The molecule has 2 aromatic heterocycles. The Balaban J connectivity index is 2.14. The molecule has 6 nitrogen and oxygen atoms in total. The summed E-state index contributed by atoms with van der Waals surface area (Å²) < 4.78 is 12.1. The number of benzene rings is 1. The summed E-state index contributed by atoms with van der Waals surface area (Å²) in [4.78, 5) is 8.12. The molecule has 0 saturated carbocycles. The SMILES string of the molecule is N#CCS(=O)c1ccccc1-c1nc2cnncc2[nH]1. The molecule has 0 bridgehead atoms. The molecular weight excluding hydrogens is 274 g/mol. The van der Waals surface area contributed by atoms with E-state index in [1.165, 1.54) is 0 Å². The highest BCUT2D eigenvalue weighted by Gasteiger charge is 2.14. The van der Waals surface area contributed by atoms with Crippen LogP contribution in [0.2, 0.25) is 0 Å². The van der Waals surface area contributed by atoms with Gasteiger partial charge >= 0.3 is 0 Å². The number of hydrogen-bond acceptors (Lipinski definition) is 5. The fraction of sp³-hybridized carbons (Fsp3) is 0.0769. The molecule has 20 heavy (non-hydrogen) atoms. The van der Waals surface area contributed by atoms with Crippen LogP contribution in [0.1, 0.15) is 0 Å². The minimum atomic E-state index is -1.37. The van der Waals surface area contributed by atoms with Crippen LogP contribution in [0.5, 0.6) is 0 Å². The lowest BCUT2D eigenvalue weighted by atomic mass is 10.2. The van der Waals surface area contributed by atoms with Crippen molar-refractivity contribution >= 4 is 21.8 Å². The zero-order valence-corrected chi connectivity index (χ0v) is 11.1. The van der Waals surface area contributed by atoms with Crippen LogP contribution in [-0.2, 0) is 10.8 Å². The molecule has 0 aliphatic heterocycles. The molecule has 0 aliphatic rings. The van der Waals surface area contributed by atoms with Crippen LogP contribution in [0.3, 0.4) is 0 Å². The van der Waals surface area contributed by atoms with E-state index in [0.717, 1.165) is 11.1 Å². The molecule has 98 valence electrons. The minimum Gasteiger partial charge on any atom is -0.337 e. The molecule has 0 aliphatic carbocycles. The van der Waals surface area contributed by atoms with Gasteiger partial charge in [0.2, 0.25) is 0 Å². The molecule has 7 heteroatoms. The number of nitrogens with zero attached hydrogens (tertiary/aromatic N) is 4. The Hall–Kier alpha value is -2.59. The second-order valence-electron chi connectivity index (χ2n) is 4.02. The quantitative estimate of drug-likeness (QED) is 0.788. The Kier molecular flexibility index (Phi) is 3.23. The van der Waals surface area contributed by atoms with Crippen molar-refractivity contribution in [2.75, 3.05) is 5.75 Å². The number of nitrogens with one attached hydrogen (secondary N) is 1. The van der Waals surface area contributed by atoms with E-state index in [2.05, 4.69) is 20.2 Å². The summed E-state index contributed by atoms with van der Waals surface area (Å²) in [6, 6.07) is 9.12. The molecule has 1 atom stereocenters. The fourth-order valence-corrected chi connectivity index (χ4v) is 2.81. The van der Waals surface area contributed by atoms with E-state index in [9.17, 15) is 4.21 Å². The van der Waals surface area contributed by atoms with Gasteiger partial charge in [0.25, 0.3) is 0 Å². The molecule has 3 rings (SSSR count). The van der Waals surface area contributed by atoms with E-state index in [0.29, 0.717) is 16.2 Å². The number of imidazole rings is 1. The van der Waals surface area contributed by atoms with Crippen LogP contribution in [0.4, 0.5) is 0 Å². The van der Waals surface area contributed by atoms with Gasteiger partial charge in [0.1, 0.15) is 17.1 Å². The van der Waals surface area contributed by atoms with Crippen LogP contribution in [0.25, 0.3) is 22.4 Å². The Bertz CT molecular complexity index is 803. The zero-order valence-electron chi connectivity index (χ0n) is 10.3. The molecule has 1 N–H and O–H groups in total. The normalized spacial score (nSPS) is 12.2. The third kappa shape index (κ3) is 2.17. The Morgan fingerprint density at radius 2 is 2.05 bits per heavy atom. The van der Waals surface area contributed by atoms with E-state index in [1.54, 1.807) is 24.5 Å². The van der Waals surface area contributed by atoms with Crippen LogP contribution < -0.4 is 0 Å². The smallest absolute Gasteiger partial charge is 0.139 e. The highest BCUT2D eigenvalue weighted by molar-refractivity contribution is 7.85. The molecule has 1 unspecified atom stereocenters. The largest absolute Gasteiger partial charge is 0.337 e. The van der Waals surface area contributed by atoms with E-state index in [1.807, 2.05) is 18.2 Å². The Labute approximate surface area is 117 Å². The van der Waals surface area contributed by atoms with Crippen molar-refractivity contribution in [2.45, 2.75) is 4.90 Å². The summed E-state index contributed by atoms with van der Waals surface area (Å²) in [6.07, 6.45) is 3.14. The Morgan fingerprint density at radius 1 is 1.25 bits per heavy atom. The number of aromatic nitrogens is 4. The van der Waals surface area contributed by atoms with Crippen molar-refractivity contribution in [3.63, 3.8) is 0 Å². The summed E-state index contributed by atoms with van der Waals surface area (Å²) in [6.45, 7) is 0. The van der Waals surface area contributed by atoms with Crippen LogP contribution in [0, 0.1) is 11.3 Å². The predicted molar refractivity (Wildman–Crippen MR) is 74.0 cm³/mol. The molecule has 0 spiro atoms. The highest BCUT2D eigenvalue weighted by Crippen LogP contribution is 2.25. The van der Waals surface area contributed by atoms with Gasteiger partial charge in [-0.15, -0.1) is 0 Å². The summed E-state index contributed by atoms with van der Waals surface area (Å²) >= 11 is 0. The number of fused-ring (bicyclic) bond motifs is 1. The van der Waals surface area contributed by atoms with Crippen LogP contribution in [-0.4, -0.2) is 30.1 Å². The molecule has 0 saturated heterocycles. The van der Waals surface area contributed by atoms with E-state index in [4.69, 9.17) is 5.26 Å². The number of hydrogen-bond donors (Lipinski definition) is 1.